The number of nitro benzene ring substituents is 1. The van der Waals surface area contributed by atoms with E-state index in [0.29, 0.717) is 46.9 Å². The minimum absolute atomic E-state index is 0.00378. The van der Waals surface area contributed by atoms with Gasteiger partial charge < -0.3 is 9.64 Å². The van der Waals surface area contributed by atoms with E-state index in [1.165, 1.54) is 57.0 Å². The molecule has 1 aromatic heterocycles. The lowest BCUT2D eigenvalue weighted by Crippen LogP contribution is -2.67. The zero-order valence-electron chi connectivity index (χ0n) is 24.5. The van der Waals surface area contributed by atoms with Gasteiger partial charge in [-0.2, -0.15) is 0 Å². The molecule has 5 atom stereocenters. The molecule has 0 radical (unpaired) electrons. The normalized spacial score (nSPS) is 26.7. The predicted molar refractivity (Wildman–Crippen MR) is 162 cm³/mol. The van der Waals surface area contributed by atoms with Crippen LogP contribution in [0.1, 0.15) is 66.2 Å². The quantitative estimate of drug-likeness (QED) is 0.159. The van der Waals surface area contributed by atoms with E-state index in [-0.39, 0.29) is 36.1 Å². The molecule has 2 aromatic carbocycles. The van der Waals surface area contributed by atoms with Gasteiger partial charge in [-0.25, -0.2) is 4.68 Å². The molecular formula is C33H36N6O5. The van der Waals surface area contributed by atoms with Crippen molar-refractivity contribution in [3.63, 3.8) is 0 Å². The topological polar surface area (TPSA) is 124 Å². The van der Waals surface area contributed by atoms with E-state index >= 15 is 0 Å². The summed E-state index contributed by atoms with van der Waals surface area (Å²) in [6.07, 6.45) is 11.3. The lowest BCUT2D eigenvalue weighted by Gasteiger charge is -2.59. The van der Waals surface area contributed by atoms with E-state index in [4.69, 9.17) is 4.74 Å². The maximum absolute atomic E-state index is 13.4. The second-order valence-electron chi connectivity index (χ2n) is 12.5. The molecule has 228 valence electrons. The first kappa shape index (κ1) is 28.4. The van der Waals surface area contributed by atoms with Gasteiger partial charge in [0.15, 0.2) is 5.78 Å². The summed E-state index contributed by atoms with van der Waals surface area (Å²) < 4.78 is 7.79. The SMILES string of the molecule is O=C(/C=C/c1ccc([N+](=O)[O-])cc1)c1ccc(OCc2cn([C@H]3CC(=O)N4C[C@@H]5CCCN6CCC[C@@H]([C@H]56)[C@H]4C3)nn2)cc1. The molecule has 11 heteroatoms. The summed E-state index contributed by atoms with van der Waals surface area (Å²) in [4.78, 5) is 41.2. The number of hydrogen-bond acceptors (Lipinski definition) is 8. The van der Waals surface area contributed by atoms with Crippen LogP contribution in [0.15, 0.2) is 60.8 Å². The molecule has 0 spiro atoms. The minimum atomic E-state index is -0.459. The Morgan fingerprint density at radius 3 is 2.61 bits per heavy atom. The lowest BCUT2D eigenvalue weighted by atomic mass is 9.67. The van der Waals surface area contributed by atoms with Gasteiger partial charge >= 0.3 is 0 Å². The van der Waals surface area contributed by atoms with Gasteiger partial charge in [0, 0.05) is 42.7 Å². The van der Waals surface area contributed by atoms with Crippen LogP contribution in [0.5, 0.6) is 5.75 Å². The highest BCUT2D eigenvalue weighted by molar-refractivity contribution is 6.06. The molecule has 7 rings (SSSR count). The van der Waals surface area contributed by atoms with Crippen molar-refractivity contribution >= 4 is 23.5 Å². The van der Waals surface area contributed by atoms with Crippen LogP contribution in [0.4, 0.5) is 5.69 Å². The summed E-state index contributed by atoms with van der Waals surface area (Å²) in [5, 5.41) is 19.5. The van der Waals surface area contributed by atoms with Crippen LogP contribution < -0.4 is 4.74 Å². The third kappa shape index (κ3) is 5.63. The Morgan fingerprint density at radius 2 is 1.84 bits per heavy atom. The smallest absolute Gasteiger partial charge is 0.269 e. The van der Waals surface area contributed by atoms with Crippen LogP contribution >= 0.6 is 0 Å². The Bertz CT molecular complexity index is 1570. The average molecular weight is 597 g/mol. The summed E-state index contributed by atoms with van der Waals surface area (Å²) >= 11 is 0. The molecule has 44 heavy (non-hydrogen) atoms. The molecule has 0 bridgehead atoms. The number of non-ortho nitro benzene ring substituents is 1. The monoisotopic (exact) mass is 596 g/mol. The number of rotatable bonds is 8. The van der Waals surface area contributed by atoms with E-state index in [2.05, 4.69) is 20.1 Å². The molecule has 1 amide bonds. The molecule has 4 aliphatic heterocycles. The Morgan fingerprint density at radius 1 is 1.07 bits per heavy atom. The zero-order chi connectivity index (χ0) is 30.2. The molecular weight excluding hydrogens is 560 g/mol. The number of nitro groups is 1. The van der Waals surface area contributed by atoms with Gasteiger partial charge in [0.2, 0.25) is 5.91 Å². The van der Waals surface area contributed by atoms with Gasteiger partial charge in [0.25, 0.3) is 5.69 Å². The van der Waals surface area contributed by atoms with Crippen LogP contribution in [0.25, 0.3) is 6.08 Å². The van der Waals surface area contributed by atoms with E-state index in [0.717, 1.165) is 13.0 Å². The highest BCUT2D eigenvalue weighted by atomic mass is 16.6. The van der Waals surface area contributed by atoms with Gasteiger partial charge in [-0.05, 0) is 105 Å². The molecule has 4 fully saturated rings. The number of ketones is 1. The van der Waals surface area contributed by atoms with Crippen LogP contribution in [-0.4, -0.2) is 73.1 Å². The number of benzene rings is 2. The lowest BCUT2D eigenvalue weighted by molar-refractivity contribution is -0.384. The van der Waals surface area contributed by atoms with Gasteiger partial charge in [-0.15, -0.1) is 5.10 Å². The summed E-state index contributed by atoms with van der Waals surface area (Å²) in [7, 11) is 0. The fraction of sp³-hybridized carbons (Fsp3) is 0.455. The van der Waals surface area contributed by atoms with Crippen molar-refractivity contribution in [3.05, 3.63) is 87.7 Å². The molecule has 3 aromatic rings. The number of nitrogens with zero attached hydrogens (tertiary/aromatic N) is 6. The highest BCUT2D eigenvalue weighted by Crippen LogP contribution is 2.46. The van der Waals surface area contributed by atoms with Crippen molar-refractivity contribution < 1.29 is 19.2 Å². The van der Waals surface area contributed by atoms with Crippen molar-refractivity contribution in [2.75, 3.05) is 19.6 Å². The first-order chi connectivity index (χ1) is 21.4. The highest BCUT2D eigenvalue weighted by Gasteiger charge is 2.52. The summed E-state index contributed by atoms with van der Waals surface area (Å²) in [6.45, 7) is 3.54. The number of carbonyl (C=O) groups is 2. The second kappa shape index (κ2) is 12.0. The maximum atomic E-state index is 13.4. The molecule has 4 saturated heterocycles. The maximum Gasteiger partial charge on any atom is 0.269 e. The number of fused-ring (bicyclic) bond motifs is 2. The molecule has 0 saturated carbocycles. The van der Waals surface area contributed by atoms with Crippen molar-refractivity contribution in [3.8, 4) is 5.75 Å². The minimum Gasteiger partial charge on any atom is -0.487 e. The fourth-order valence-electron chi connectivity index (χ4n) is 7.87. The first-order valence-corrected chi connectivity index (χ1v) is 15.6. The zero-order valence-corrected chi connectivity index (χ0v) is 24.5. The third-order valence-electron chi connectivity index (χ3n) is 9.90. The van der Waals surface area contributed by atoms with Crippen LogP contribution in [0.3, 0.4) is 0 Å². The Hall–Kier alpha value is -4.38. The van der Waals surface area contributed by atoms with Crippen molar-refractivity contribution in [2.45, 2.75) is 63.3 Å². The molecule has 5 heterocycles. The Kier molecular flexibility index (Phi) is 7.71. The Labute approximate surface area is 255 Å². The van der Waals surface area contributed by atoms with Crippen LogP contribution in [0, 0.1) is 22.0 Å². The predicted octanol–water partition coefficient (Wildman–Crippen LogP) is 4.70. The molecule has 11 nitrogen and oxygen atoms in total. The summed E-state index contributed by atoms with van der Waals surface area (Å²) in [5.41, 5.74) is 1.89. The van der Waals surface area contributed by atoms with Crippen molar-refractivity contribution in [1.29, 1.82) is 0 Å². The Balaban J connectivity index is 0.947. The third-order valence-corrected chi connectivity index (χ3v) is 9.90. The largest absolute Gasteiger partial charge is 0.487 e. The summed E-state index contributed by atoms with van der Waals surface area (Å²) in [6, 6.07) is 13.8. The number of piperidine rings is 4. The number of carbonyl (C=O) groups excluding carboxylic acids is 2. The average Bonchev–Trinajstić information content (AvgIpc) is 3.53. The number of aromatic nitrogens is 3. The van der Waals surface area contributed by atoms with Crippen LogP contribution in [-0.2, 0) is 11.4 Å². The summed E-state index contributed by atoms with van der Waals surface area (Å²) in [5.74, 6) is 1.83. The number of amides is 1. The fourth-order valence-corrected chi connectivity index (χ4v) is 7.87. The van der Waals surface area contributed by atoms with Crippen molar-refractivity contribution in [2.24, 2.45) is 11.8 Å². The van der Waals surface area contributed by atoms with Gasteiger partial charge in [-0.3, -0.25) is 24.6 Å². The first-order valence-electron chi connectivity index (χ1n) is 15.6. The van der Waals surface area contributed by atoms with E-state index in [9.17, 15) is 19.7 Å². The molecule has 0 unspecified atom stereocenters. The molecule has 0 N–H and O–H groups in total. The number of ether oxygens (including phenoxy) is 1. The molecule has 4 aliphatic rings. The van der Waals surface area contributed by atoms with E-state index in [1.54, 1.807) is 42.5 Å². The second-order valence-corrected chi connectivity index (χ2v) is 12.5. The van der Waals surface area contributed by atoms with Crippen LogP contribution in [0.2, 0.25) is 0 Å². The van der Waals surface area contributed by atoms with Crippen molar-refractivity contribution in [1.82, 2.24) is 24.8 Å². The number of hydrogen-bond donors (Lipinski definition) is 0. The van der Waals surface area contributed by atoms with Gasteiger partial charge in [0.1, 0.15) is 18.1 Å². The number of allylic oxidation sites excluding steroid dienone is 1. The van der Waals surface area contributed by atoms with E-state index < -0.39 is 4.92 Å². The molecule has 0 aliphatic carbocycles. The standard InChI is InChI=1S/C33H36N6O5/c40-31(14-7-22-5-10-26(11-6-22)39(42)43)23-8-12-28(13-9-23)44-21-25-20-38(35-34-25)27-17-30-29-4-2-16-36-15-1-3-24(33(29)36)19-37(30)32(41)18-27/h5-14,20,24,27,29-30,33H,1-4,15-19,21H2/b14-7+/t24-,27+,29+,30+,33-/m0/s1. The van der Waals surface area contributed by atoms with E-state index in [1.807, 2.05) is 10.9 Å². The van der Waals surface area contributed by atoms with Gasteiger partial charge in [0.05, 0.1) is 17.2 Å². The van der Waals surface area contributed by atoms with Gasteiger partial charge in [-0.1, -0.05) is 11.3 Å².